The van der Waals surface area contributed by atoms with Gasteiger partial charge in [0.1, 0.15) is 6.04 Å². The zero-order valence-electron chi connectivity index (χ0n) is 12.6. The maximum absolute atomic E-state index is 12.7. The lowest BCUT2D eigenvalue weighted by Gasteiger charge is -2.31. The van der Waals surface area contributed by atoms with E-state index in [0.717, 1.165) is 5.56 Å². The fraction of sp³-hybridized carbons (Fsp3) is 0.500. The van der Waals surface area contributed by atoms with Gasteiger partial charge in [-0.3, -0.25) is 9.59 Å². The summed E-state index contributed by atoms with van der Waals surface area (Å²) >= 11 is 6.23. The first-order valence-electron chi connectivity index (χ1n) is 7.26. The van der Waals surface area contributed by atoms with Crippen LogP contribution in [0.3, 0.4) is 0 Å². The Labute approximate surface area is 130 Å². The van der Waals surface area contributed by atoms with Crippen molar-refractivity contribution in [3.8, 4) is 0 Å². The molecule has 0 saturated carbocycles. The van der Waals surface area contributed by atoms with Gasteiger partial charge in [-0.25, -0.2) is 0 Å². The fourth-order valence-electron chi connectivity index (χ4n) is 2.64. The molecule has 1 aromatic rings. The summed E-state index contributed by atoms with van der Waals surface area (Å²) in [5, 5.41) is 3.46. The largest absolute Gasteiger partial charge is 0.344 e. The predicted molar refractivity (Wildman–Crippen MR) is 83.0 cm³/mol. The molecule has 1 N–H and O–H groups in total. The summed E-state index contributed by atoms with van der Waals surface area (Å²) in [6, 6.07) is 6.89. The van der Waals surface area contributed by atoms with Crippen molar-refractivity contribution in [3.63, 3.8) is 0 Å². The Bertz CT molecular complexity index is 545. The molecule has 0 spiro atoms. The smallest absolute Gasteiger partial charge is 0.245 e. The minimum Gasteiger partial charge on any atom is -0.344 e. The number of carbonyl (C=O) groups is 2. The topological polar surface area (TPSA) is 49.4 Å². The van der Waals surface area contributed by atoms with Crippen LogP contribution in [0.4, 0.5) is 0 Å². The Morgan fingerprint density at radius 2 is 1.90 bits per heavy atom. The van der Waals surface area contributed by atoms with Gasteiger partial charge < -0.3 is 10.2 Å². The number of amides is 2. The molecule has 0 aromatic heterocycles. The van der Waals surface area contributed by atoms with Crippen LogP contribution >= 0.6 is 11.6 Å². The van der Waals surface area contributed by atoms with E-state index in [1.54, 1.807) is 4.90 Å². The highest BCUT2D eigenvalue weighted by atomic mass is 35.5. The van der Waals surface area contributed by atoms with Gasteiger partial charge in [0, 0.05) is 18.0 Å². The molecule has 2 atom stereocenters. The van der Waals surface area contributed by atoms with E-state index in [0.29, 0.717) is 18.0 Å². The van der Waals surface area contributed by atoms with Crippen molar-refractivity contribution < 1.29 is 9.59 Å². The molecular weight excluding hydrogens is 288 g/mol. The van der Waals surface area contributed by atoms with Gasteiger partial charge in [0.15, 0.2) is 0 Å². The first-order chi connectivity index (χ1) is 9.91. The zero-order valence-corrected chi connectivity index (χ0v) is 13.4. The van der Waals surface area contributed by atoms with E-state index in [9.17, 15) is 9.59 Å². The van der Waals surface area contributed by atoms with Crippen LogP contribution in [0.2, 0.25) is 5.02 Å². The lowest BCUT2D eigenvalue weighted by Crippen LogP contribution is -2.48. The van der Waals surface area contributed by atoms with Gasteiger partial charge in [-0.1, -0.05) is 43.6 Å². The van der Waals surface area contributed by atoms with E-state index in [-0.39, 0.29) is 23.8 Å². The minimum atomic E-state index is -0.468. The SMILES string of the molecule is CC(C)C1NC(=O)CCN(C(C)c2ccccc2Cl)C1=O. The first-order valence-corrected chi connectivity index (χ1v) is 7.64. The summed E-state index contributed by atoms with van der Waals surface area (Å²) < 4.78 is 0. The molecule has 1 saturated heterocycles. The summed E-state index contributed by atoms with van der Waals surface area (Å²) in [5.74, 6) is -0.0559. The zero-order chi connectivity index (χ0) is 15.6. The number of rotatable bonds is 3. The molecule has 1 aromatic carbocycles. The minimum absolute atomic E-state index is 0.0386. The quantitative estimate of drug-likeness (QED) is 0.933. The third-order valence-corrected chi connectivity index (χ3v) is 4.28. The van der Waals surface area contributed by atoms with Crippen LogP contribution < -0.4 is 5.32 Å². The average Bonchev–Trinajstić information content (AvgIpc) is 2.58. The standard InChI is InChI=1S/C16H21ClN2O2/c1-10(2)15-16(21)19(9-8-14(20)18-15)11(3)12-6-4-5-7-13(12)17/h4-7,10-11,15H,8-9H2,1-3H3,(H,18,20). The number of hydrogen-bond acceptors (Lipinski definition) is 2. The molecule has 2 amide bonds. The van der Waals surface area contributed by atoms with Crippen LogP contribution in [0, 0.1) is 5.92 Å². The van der Waals surface area contributed by atoms with Crippen LogP contribution in [-0.4, -0.2) is 29.3 Å². The lowest BCUT2D eigenvalue weighted by molar-refractivity contribution is -0.136. The molecule has 2 rings (SSSR count). The molecule has 4 nitrogen and oxygen atoms in total. The maximum atomic E-state index is 12.7. The molecule has 0 bridgehead atoms. The second-order valence-electron chi connectivity index (χ2n) is 5.77. The van der Waals surface area contributed by atoms with Crippen molar-refractivity contribution in [1.82, 2.24) is 10.2 Å². The van der Waals surface area contributed by atoms with E-state index >= 15 is 0 Å². The van der Waals surface area contributed by atoms with Crippen molar-refractivity contribution in [3.05, 3.63) is 34.9 Å². The Kier molecular flexibility index (Phi) is 4.88. The number of halogens is 1. The molecule has 0 aliphatic carbocycles. The molecule has 5 heteroatoms. The van der Waals surface area contributed by atoms with E-state index in [1.807, 2.05) is 45.0 Å². The predicted octanol–water partition coefficient (Wildman–Crippen LogP) is 2.77. The first kappa shape index (κ1) is 15.8. The van der Waals surface area contributed by atoms with Crippen molar-refractivity contribution in [2.45, 2.75) is 39.3 Å². The molecule has 1 aliphatic heterocycles. The van der Waals surface area contributed by atoms with Gasteiger partial charge in [0.25, 0.3) is 0 Å². The second kappa shape index (κ2) is 6.48. The summed E-state index contributed by atoms with van der Waals surface area (Å²) in [4.78, 5) is 26.3. The summed E-state index contributed by atoms with van der Waals surface area (Å²) in [7, 11) is 0. The molecule has 2 unspecified atom stereocenters. The molecule has 0 radical (unpaired) electrons. The maximum Gasteiger partial charge on any atom is 0.245 e. The van der Waals surface area contributed by atoms with Crippen LogP contribution in [0.1, 0.15) is 38.8 Å². The van der Waals surface area contributed by atoms with Gasteiger partial charge in [-0.05, 0) is 24.5 Å². The second-order valence-corrected chi connectivity index (χ2v) is 6.18. The fourth-order valence-corrected chi connectivity index (χ4v) is 2.93. The van der Waals surface area contributed by atoms with Gasteiger partial charge in [0.05, 0.1) is 6.04 Å². The van der Waals surface area contributed by atoms with E-state index < -0.39 is 6.04 Å². The van der Waals surface area contributed by atoms with Gasteiger partial charge in [-0.2, -0.15) is 0 Å². The number of hydrogen-bond donors (Lipinski definition) is 1. The molecule has 21 heavy (non-hydrogen) atoms. The Balaban J connectivity index is 2.30. The molecule has 114 valence electrons. The summed E-state index contributed by atoms with van der Waals surface area (Å²) in [5.41, 5.74) is 0.907. The van der Waals surface area contributed by atoms with Crippen LogP contribution in [0.5, 0.6) is 0 Å². The third kappa shape index (κ3) is 3.38. The normalized spacial score (nSPS) is 21.2. The van der Waals surface area contributed by atoms with Gasteiger partial charge >= 0.3 is 0 Å². The number of carbonyl (C=O) groups excluding carboxylic acids is 2. The Morgan fingerprint density at radius 1 is 1.24 bits per heavy atom. The van der Waals surface area contributed by atoms with Crippen molar-refractivity contribution in [1.29, 1.82) is 0 Å². The van der Waals surface area contributed by atoms with E-state index in [2.05, 4.69) is 5.32 Å². The number of nitrogens with zero attached hydrogens (tertiary/aromatic N) is 1. The molecule has 1 fully saturated rings. The van der Waals surface area contributed by atoms with Crippen molar-refractivity contribution >= 4 is 23.4 Å². The summed E-state index contributed by atoms with van der Waals surface area (Å²) in [6.45, 7) is 6.24. The average molecular weight is 309 g/mol. The monoisotopic (exact) mass is 308 g/mol. The van der Waals surface area contributed by atoms with Gasteiger partial charge in [0.2, 0.25) is 11.8 Å². The third-order valence-electron chi connectivity index (χ3n) is 3.93. The van der Waals surface area contributed by atoms with Crippen LogP contribution in [-0.2, 0) is 9.59 Å². The van der Waals surface area contributed by atoms with Crippen LogP contribution in [0.15, 0.2) is 24.3 Å². The molecule has 1 aliphatic rings. The molecular formula is C16H21ClN2O2. The Morgan fingerprint density at radius 3 is 2.52 bits per heavy atom. The van der Waals surface area contributed by atoms with Crippen LogP contribution in [0.25, 0.3) is 0 Å². The number of nitrogens with one attached hydrogen (secondary N) is 1. The van der Waals surface area contributed by atoms with E-state index in [1.165, 1.54) is 0 Å². The van der Waals surface area contributed by atoms with Crippen molar-refractivity contribution in [2.24, 2.45) is 5.92 Å². The number of benzene rings is 1. The highest BCUT2D eigenvalue weighted by Gasteiger charge is 2.34. The Hall–Kier alpha value is -1.55. The van der Waals surface area contributed by atoms with Gasteiger partial charge in [-0.15, -0.1) is 0 Å². The molecule has 1 heterocycles. The summed E-state index contributed by atoms with van der Waals surface area (Å²) in [6.07, 6.45) is 0.323. The van der Waals surface area contributed by atoms with E-state index in [4.69, 9.17) is 11.6 Å². The van der Waals surface area contributed by atoms with Crippen molar-refractivity contribution in [2.75, 3.05) is 6.54 Å². The highest BCUT2D eigenvalue weighted by Crippen LogP contribution is 2.29. The lowest BCUT2D eigenvalue weighted by atomic mass is 10.0. The highest BCUT2D eigenvalue weighted by molar-refractivity contribution is 6.31.